The number of nitrogens with one attached hydrogen (secondary N) is 1. The lowest BCUT2D eigenvalue weighted by Gasteiger charge is -2.24. The van der Waals surface area contributed by atoms with Crippen LogP contribution in [-0.4, -0.2) is 22.8 Å². The summed E-state index contributed by atoms with van der Waals surface area (Å²) in [5.41, 5.74) is 0.00631. The maximum atomic E-state index is 11.6. The molecular weight excluding hydrogens is 266 g/mol. The average molecular weight is 286 g/mol. The number of hydrogen-bond donors (Lipinski definition) is 2. The molecule has 0 saturated carbocycles. The smallest absolute Gasteiger partial charge is 0.407 e. The Morgan fingerprint density at radius 1 is 1.37 bits per heavy atom. The first kappa shape index (κ1) is 15.8. The minimum absolute atomic E-state index is 0.466. The molecule has 2 N–H and O–H groups in total. The van der Waals surface area contributed by atoms with E-state index in [-0.39, 0.29) is 0 Å². The normalized spacial score (nSPS) is 14.6. The van der Waals surface area contributed by atoms with Gasteiger partial charge in [-0.05, 0) is 33.8 Å². The van der Waals surface area contributed by atoms with E-state index < -0.39 is 23.8 Å². The highest BCUT2D eigenvalue weighted by Gasteiger charge is 2.23. The zero-order valence-corrected chi connectivity index (χ0v) is 12.4. The molecule has 0 heterocycles. The maximum absolute atomic E-state index is 11.6. The van der Waals surface area contributed by atoms with Gasteiger partial charge in [0.25, 0.3) is 0 Å². The fourth-order valence-corrected chi connectivity index (χ4v) is 1.80. The minimum Gasteiger partial charge on any atom is -0.444 e. The van der Waals surface area contributed by atoms with Crippen molar-refractivity contribution < 1.29 is 14.6 Å². The first-order valence-electron chi connectivity index (χ1n) is 6.12. The van der Waals surface area contributed by atoms with Crippen LogP contribution < -0.4 is 5.32 Å². The van der Waals surface area contributed by atoms with Gasteiger partial charge >= 0.3 is 6.09 Å². The van der Waals surface area contributed by atoms with Crippen LogP contribution in [0.15, 0.2) is 24.3 Å². The predicted molar refractivity (Wildman–Crippen MR) is 75.2 cm³/mol. The number of carbonyl (C=O) groups is 1. The Kier molecular flexibility index (Phi) is 5.20. The molecule has 5 heteroatoms. The molecule has 0 aliphatic carbocycles. The number of aliphatic hydroxyl groups excluding tert-OH is 1. The van der Waals surface area contributed by atoms with Crippen LogP contribution in [0.25, 0.3) is 0 Å². The van der Waals surface area contributed by atoms with Crippen molar-refractivity contribution in [2.45, 2.75) is 45.4 Å². The summed E-state index contributed by atoms with van der Waals surface area (Å²) < 4.78 is 5.13. The third-order valence-corrected chi connectivity index (χ3v) is 2.79. The number of hydrogen-bond acceptors (Lipinski definition) is 3. The van der Waals surface area contributed by atoms with Gasteiger partial charge in [0.1, 0.15) is 11.7 Å². The Morgan fingerprint density at radius 3 is 2.47 bits per heavy atom. The Hall–Kier alpha value is -1.26. The molecule has 106 valence electrons. The van der Waals surface area contributed by atoms with Gasteiger partial charge in [-0.25, -0.2) is 4.79 Å². The monoisotopic (exact) mass is 285 g/mol. The molecular formula is C14H20ClNO3. The minimum atomic E-state index is -0.888. The summed E-state index contributed by atoms with van der Waals surface area (Å²) in [6.45, 7) is 7.03. The Bertz CT molecular complexity index is 443. The zero-order chi connectivity index (χ0) is 14.6. The molecule has 0 spiro atoms. The second-order valence-electron chi connectivity index (χ2n) is 5.40. The van der Waals surface area contributed by atoms with Gasteiger partial charge in [0.15, 0.2) is 0 Å². The van der Waals surface area contributed by atoms with Crippen LogP contribution in [0.1, 0.15) is 39.4 Å². The van der Waals surface area contributed by atoms with Crippen molar-refractivity contribution in [2.24, 2.45) is 0 Å². The number of halogens is 1. The lowest BCUT2D eigenvalue weighted by atomic mass is 10.0. The lowest BCUT2D eigenvalue weighted by molar-refractivity contribution is 0.0436. The standard InChI is InChI=1S/C14H20ClNO3/c1-9(16-13(18)19-14(2,3)4)12(17)10-7-5-6-8-11(10)15/h5-9,12,17H,1-4H3,(H,16,18)/t9-,12-/m0/s1. The fraction of sp³-hybridized carbons (Fsp3) is 0.500. The van der Waals surface area contributed by atoms with E-state index in [0.717, 1.165) is 0 Å². The second-order valence-corrected chi connectivity index (χ2v) is 5.81. The number of amides is 1. The largest absolute Gasteiger partial charge is 0.444 e. The van der Waals surface area contributed by atoms with Crippen molar-refractivity contribution in [1.29, 1.82) is 0 Å². The van der Waals surface area contributed by atoms with Gasteiger partial charge in [0.05, 0.1) is 6.04 Å². The van der Waals surface area contributed by atoms with Gasteiger partial charge in [-0.3, -0.25) is 0 Å². The van der Waals surface area contributed by atoms with E-state index in [1.807, 2.05) is 0 Å². The van der Waals surface area contributed by atoms with Crippen LogP contribution in [0.2, 0.25) is 5.02 Å². The third-order valence-electron chi connectivity index (χ3n) is 2.44. The van der Waals surface area contributed by atoms with Gasteiger partial charge in [0.2, 0.25) is 0 Å². The van der Waals surface area contributed by atoms with Crippen LogP contribution in [0.4, 0.5) is 4.79 Å². The van der Waals surface area contributed by atoms with E-state index in [9.17, 15) is 9.90 Å². The van der Waals surface area contributed by atoms with Gasteiger partial charge in [0, 0.05) is 10.6 Å². The van der Waals surface area contributed by atoms with Crippen LogP contribution in [0, 0.1) is 0 Å². The van der Waals surface area contributed by atoms with E-state index >= 15 is 0 Å². The van der Waals surface area contributed by atoms with E-state index in [1.165, 1.54) is 0 Å². The quantitative estimate of drug-likeness (QED) is 0.896. The molecule has 2 atom stereocenters. The molecule has 19 heavy (non-hydrogen) atoms. The fourth-order valence-electron chi connectivity index (χ4n) is 1.56. The molecule has 0 aliphatic rings. The molecule has 0 unspecified atom stereocenters. The highest BCUT2D eigenvalue weighted by Crippen LogP contribution is 2.24. The summed E-state index contributed by atoms with van der Waals surface area (Å²) in [6.07, 6.45) is -1.45. The van der Waals surface area contributed by atoms with E-state index in [2.05, 4.69) is 5.32 Å². The molecule has 0 aliphatic heterocycles. The second kappa shape index (κ2) is 6.26. The van der Waals surface area contributed by atoms with Crippen molar-refractivity contribution in [3.05, 3.63) is 34.9 Å². The summed E-state index contributed by atoms with van der Waals surface area (Å²) in [6, 6.07) is 6.48. The van der Waals surface area contributed by atoms with E-state index in [0.29, 0.717) is 10.6 Å². The summed E-state index contributed by atoms with van der Waals surface area (Å²) in [5.74, 6) is 0. The molecule has 0 bridgehead atoms. The molecule has 1 amide bonds. The molecule has 0 saturated heterocycles. The van der Waals surface area contributed by atoms with Crippen LogP contribution in [0.3, 0.4) is 0 Å². The topological polar surface area (TPSA) is 58.6 Å². The van der Waals surface area contributed by atoms with Crippen molar-refractivity contribution in [3.8, 4) is 0 Å². The van der Waals surface area contributed by atoms with E-state index in [1.54, 1.807) is 52.0 Å². The lowest BCUT2D eigenvalue weighted by Crippen LogP contribution is -2.40. The summed E-state index contributed by atoms with van der Waals surface area (Å²) in [4.78, 5) is 11.6. The van der Waals surface area contributed by atoms with Gasteiger partial charge < -0.3 is 15.2 Å². The first-order valence-corrected chi connectivity index (χ1v) is 6.50. The van der Waals surface area contributed by atoms with Crippen molar-refractivity contribution >= 4 is 17.7 Å². The number of rotatable bonds is 3. The number of alkyl carbamates (subject to hydrolysis) is 1. The number of carbonyl (C=O) groups excluding carboxylic acids is 1. The third kappa shape index (κ3) is 5.09. The highest BCUT2D eigenvalue weighted by molar-refractivity contribution is 6.31. The summed E-state index contributed by atoms with van der Waals surface area (Å²) in [5, 5.41) is 13.2. The van der Waals surface area contributed by atoms with Crippen LogP contribution in [-0.2, 0) is 4.74 Å². The summed E-state index contributed by atoms with van der Waals surface area (Å²) in [7, 11) is 0. The molecule has 0 radical (unpaired) electrons. The average Bonchev–Trinajstić information content (AvgIpc) is 2.26. The van der Waals surface area contributed by atoms with Gasteiger partial charge in [-0.15, -0.1) is 0 Å². The number of aliphatic hydroxyl groups is 1. The van der Waals surface area contributed by atoms with Crippen LogP contribution >= 0.6 is 11.6 Å². The maximum Gasteiger partial charge on any atom is 0.407 e. The molecule has 4 nitrogen and oxygen atoms in total. The SMILES string of the molecule is C[C@H](NC(=O)OC(C)(C)C)[C@H](O)c1ccccc1Cl. The first-order chi connectivity index (χ1) is 8.70. The zero-order valence-electron chi connectivity index (χ0n) is 11.6. The van der Waals surface area contributed by atoms with Crippen molar-refractivity contribution in [2.75, 3.05) is 0 Å². The molecule has 1 rings (SSSR count). The van der Waals surface area contributed by atoms with Gasteiger partial charge in [-0.1, -0.05) is 29.8 Å². The molecule has 0 aromatic heterocycles. The van der Waals surface area contributed by atoms with Crippen molar-refractivity contribution in [3.63, 3.8) is 0 Å². The Balaban J connectivity index is 2.66. The highest BCUT2D eigenvalue weighted by atomic mass is 35.5. The summed E-state index contributed by atoms with van der Waals surface area (Å²) >= 11 is 6.00. The number of benzene rings is 1. The molecule has 1 aromatic carbocycles. The Labute approximate surface area is 118 Å². The van der Waals surface area contributed by atoms with Crippen LogP contribution in [0.5, 0.6) is 0 Å². The Morgan fingerprint density at radius 2 is 1.95 bits per heavy atom. The number of ether oxygens (including phenoxy) is 1. The van der Waals surface area contributed by atoms with Gasteiger partial charge in [-0.2, -0.15) is 0 Å². The van der Waals surface area contributed by atoms with Crippen molar-refractivity contribution in [1.82, 2.24) is 5.32 Å². The molecule has 0 fully saturated rings. The molecule has 1 aromatic rings. The van der Waals surface area contributed by atoms with E-state index in [4.69, 9.17) is 16.3 Å². The predicted octanol–water partition coefficient (Wildman–Crippen LogP) is 3.29.